The first kappa shape index (κ1) is 22.3. The summed E-state index contributed by atoms with van der Waals surface area (Å²) in [5, 5.41) is 2.77. The summed E-state index contributed by atoms with van der Waals surface area (Å²) in [4.78, 5) is 23.3. The Bertz CT molecular complexity index is 781. The van der Waals surface area contributed by atoms with E-state index in [1.54, 1.807) is 0 Å². The Labute approximate surface area is 172 Å². The van der Waals surface area contributed by atoms with Crippen LogP contribution in [-0.4, -0.2) is 31.3 Å². The first-order chi connectivity index (χ1) is 13.8. The summed E-state index contributed by atoms with van der Waals surface area (Å²) >= 11 is 0. The number of ether oxygens (including phenoxy) is 3. The van der Waals surface area contributed by atoms with E-state index in [2.05, 4.69) is 10.1 Å². The van der Waals surface area contributed by atoms with Crippen molar-refractivity contribution in [2.24, 2.45) is 0 Å². The zero-order valence-corrected chi connectivity index (χ0v) is 17.4. The molecule has 2 rings (SSSR count). The van der Waals surface area contributed by atoms with Crippen LogP contribution in [0.4, 0.5) is 4.79 Å². The van der Waals surface area contributed by atoms with Gasteiger partial charge in [0, 0.05) is 13.0 Å². The Morgan fingerprint density at radius 2 is 1.66 bits per heavy atom. The van der Waals surface area contributed by atoms with Crippen molar-refractivity contribution in [1.29, 1.82) is 0 Å². The number of benzene rings is 2. The number of methoxy groups -OCH3 is 1. The van der Waals surface area contributed by atoms with Crippen molar-refractivity contribution in [2.45, 2.75) is 45.3 Å². The monoisotopic (exact) mass is 399 g/mol. The number of amides is 1. The van der Waals surface area contributed by atoms with E-state index in [-0.39, 0.29) is 18.5 Å². The lowest BCUT2D eigenvalue weighted by atomic mass is 10.1. The molecular formula is C23H29NO5. The quantitative estimate of drug-likeness (QED) is 0.665. The van der Waals surface area contributed by atoms with Gasteiger partial charge in [-0.05, 0) is 44.0 Å². The van der Waals surface area contributed by atoms with Crippen LogP contribution in [0.15, 0.2) is 54.6 Å². The molecule has 29 heavy (non-hydrogen) atoms. The molecule has 0 bridgehead atoms. The molecule has 0 fully saturated rings. The van der Waals surface area contributed by atoms with Crippen LogP contribution >= 0.6 is 0 Å². The highest BCUT2D eigenvalue weighted by molar-refractivity contribution is 5.72. The summed E-state index contributed by atoms with van der Waals surface area (Å²) in [5.74, 6) is 0.402. The Morgan fingerprint density at radius 3 is 2.24 bits per heavy atom. The lowest BCUT2D eigenvalue weighted by molar-refractivity contribution is -0.139. The molecule has 0 heterocycles. The van der Waals surface area contributed by atoms with E-state index in [9.17, 15) is 9.59 Å². The molecule has 1 N–H and O–H groups in total. The standard InChI is InChI=1S/C23H29NO5/c1-23(2,3)29-22(26)24-15-14-20(18-8-6-5-7-9-18)28-19-12-10-17(11-13-19)16-21(25)27-4/h5-13,20H,14-16H2,1-4H3,(H,24,26). The zero-order valence-electron chi connectivity index (χ0n) is 17.4. The molecule has 2 aromatic rings. The van der Waals surface area contributed by atoms with E-state index < -0.39 is 11.7 Å². The van der Waals surface area contributed by atoms with Gasteiger partial charge in [0.2, 0.25) is 0 Å². The molecule has 0 saturated carbocycles. The Balaban J connectivity index is 2.00. The Morgan fingerprint density at radius 1 is 1.00 bits per heavy atom. The molecule has 0 radical (unpaired) electrons. The fourth-order valence-electron chi connectivity index (χ4n) is 2.67. The van der Waals surface area contributed by atoms with Gasteiger partial charge >= 0.3 is 12.1 Å². The topological polar surface area (TPSA) is 73.9 Å². The third-order valence-electron chi connectivity index (χ3n) is 4.02. The van der Waals surface area contributed by atoms with E-state index in [4.69, 9.17) is 9.47 Å². The maximum Gasteiger partial charge on any atom is 0.407 e. The van der Waals surface area contributed by atoms with Gasteiger partial charge in [0.15, 0.2) is 0 Å². The van der Waals surface area contributed by atoms with Crippen LogP contribution in [0.2, 0.25) is 0 Å². The van der Waals surface area contributed by atoms with E-state index in [0.29, 0.717) is 18.7 Å². The van der Waals surface area contributed by atoms with Crippen LogP contribution in [0, 0.1) is 0 Å². The summed E-state index contributed by atoms with van der Waals surface area (Å²) in [6.07, 6.45) is 0.111. The van der Waals surface area contributed by atoms with Crippen molar-refractivity contribution in [3.8, 4) is 5.75 Å². The normalized spacial score (nSPS) is 12.0. The summed E-state index contributed by atoms with van der Waals surface area (Å²) in [7, 11) is 1.37. The van der Waals surface area contributed by atoms with Crippen molar-refractivity contribution in [1.82, 2.24) is 5.32 Å². The van der Waals surface area contributed by atoms with Crippen molar-refractivity contribution < 1.29 is 23.8 Å². The molecule has 0 aliphatic carbocycles. The number of nitrogens with one attached hydrogen (secondary N) is 1. The Kier molecular flexibility index (Phi) is 8.07. The smallest absolute Gasteiger partial charge is 0.407 e. The summed E-state index contributed by atoms with van der Waals surface area (Å²) < 4.78 is 16.1. The average molecular weight is 399 g/mol. The van der Waals surface area contributed by atoms with Gasteiger partial charge in [-0.3, -0.25) is 4.79 Å². The van der Waals surface area contributed by atoms with E-state index in [0.717, 1.165) is 11.1 Å². The summed E-state index contributed by atoms with van der Waals surface area (Å²) in [6, 6.07) is 17.2. The molecule has 0 aliphatic heterocycles. The van der Waals surface area contributed by atoms with E-state index >= 15 is 0 Å². The van der Waals surface area contributed by atoms with Crippen molar-refractivity contribution in [3.63, 3.8) is 0 Å². The minimum absolute atomic E-state index is 0.221. The highest BCUT2D eigenvalue weighted by atomic mass is 16.6. The lowest BCUT2D eigenvalue weighted by Gasteiger charge is -2.22. The van der Waals surface area contributed by atoms with Crippen LogP contribution in [0.1, 0.15) is 44.4 Å². The van der Waals surface area contributed by atoms with Crippen LogP contribution in [0.3, 0.4) is 0 Å². The van der Waals surface area contributed by atoms with Gasteiger partial charge in [0.1, 0.15) is 17.5 Å². The molecule has 2 aromatic carbocycles. The fraction of sp³-hybridized carbons (Fsp3) is 0.391. The highest BCUT2D eigenvalue weighted by Crippen LogP contribution is 2.25. The number of esters is 1. The average Bonchev–Trinajstić information content (AvgIpc) is 2.67. The fourth-order valence-corrected chi connectivity index (χ4v) is 2.67. The number of alkyl carbamates (subject to hydrolysis) is 1. The first-order valence-electron chi connectivity index (χ1n) is 9.61. The molecule has 0 saturated heterocycles. The molecular weight excluding hydrogens is 370 g/mol. The SMILES string of the molecule is COC(=O)Cc1ccc(OC(CCNC(=O)OC(C)(C)C)c2ccccc2)cc1. The largest absolute Gasteiger partial charge is 0.486 e. The van der Waals surface area contributed by atoms with Crippen molar-refractivity contribution in [2.75, 3.05) is 13.7 Å². The molecule has 156 valence electrons. The molecule has 6 nitrogen and oxygen atoms in total. The number of hydrogen-bond acceptors (Lipinski definition) is 5. The van der Waals surface area contributed by atoms with Crippen LogP contribution < -0.4 is 10.1 Å². The lowest BCUT2D eigenvalue weighted by Crippen LogP contribution is -2.33. The second kappa shape index (κ2) is 10.5. The molecule has 0 aliphatic rings. The Hall–Kier alpha value is -3.02. The van der Waals surface area contributed by atoms with Crippen molar-refractivity contribution >= 4 is 12.1 Å². The second-order valence-corrected chi connectivity index (χ2v) is 7.63. The maximum absolute atomic E-state index is 11.9. The molecule has 1 unspecified atom stereocenters. The summed E-state index contributed by atoms with van der Waals surface area (Å²) in [6.45, 7) is 5.89. The van der Waals surface area contributed by atoms with E-state index in [1.165, 1.54) is 7.11 Å². The van der Waals surface area contributed by atoms with Crippen LogP contribution in [-0.2, 0) is 20.7 Å². The number of rotatable bonds is 8. The molecule has 6 heteroatoms. The van der Waals surface area contributed by atoms with Crippen LogP contribution in [0.25, 0.3) is 0 Å². The molecule has 1 atom stereocenters. The maximum atomic E-state index is 11.9. The van der Waals surface area contributed by atoms with Gasteiger partial charge < -0.3 is 19.5 Å². The van der Waals surface area contributed by atoms with Gasteiger partial charge in [-0.2, -0.15) is 0 Å². The van der Waals surface area contributed by atoms with Gasteiger partial charge in [-0.15, -0.1) is 0 Å². The third kappa shape index (κ3) is 8.25. The number of hydrogen-bond donors (Lipinski definition) is 1. The van der Waals surface area contributed by atoms with E-state index in [1.807, 2.05) is 75.4 Å². The minimum Gasteiger partial charge on any atom is -0.486 e. The predicted molar refractivity (Wildman–Crippen MR) is 111 cm³/mol. The number of carbonyl (C=O) groups excluding carboxylic acids is 2. The van der Waals surface area contributed by atoms with Crippen molar-refractivity contribution in [3.05, 3.63) is 65.7 Å². The second-order valence-electron chi connectivity index (χ2n) is 7.63. The molecule has 0 aromatic heterocycles. The highest BCUT2D eigenvalue weighted by Gasteiger charge is 2.18. The molecule has 1 amide bonds. The minimum atomic E-state index is -0.536. The first-order valence-corrected chi connectivity index (χ1v) is 9.61. The van der Waals surface area contributed by atoms with Crippen LogP contribution in [0.5, 0.6) is 5.75 Å². The van der Waals surface area contributed by atoms with Gasteiger partial charge in [0.05, 0.1) is 13.5 Å². The predicted octanol–water partition coefficient (Wildman–Crippen LogP) is 4.44. The number of carbonyl (C=O) groups is 2. The van der Waals surface area contributed by atoms with Gasteiger partial charge in [0.25, 0.3) is 0 Å². The molecule has 0 spiro atoms. The summed E-state index contributed by atoms with van der Waals surface area (Å²) in [5.41, 5.74) is 1.33. The van der Waals surface area contributed by atoms with Gasteiger partial charge in [-0.25, -0.2) is 4.79 Å². The van der Waals surface area contributed by atoms with Gasteiger partial charge in [-0.1, -0.05) is 42.5 Å². The third-order valence-corrected chi connectivity index (χ3v) is 4.02. The zero-order chi connectivity index (χ0) is 21.3.